The van der Waals surface area contributed by atoms with E-state index in [0.717, 1.165) is 30.0 Å². The van der Waals surface area contributed by atoms with Crippen LogP contribution in [0.5, 0.6) is 0 Å². The molecule has 2 aliphatic carbocycles. The molecule has 108 valence electrons. The van der Waals surface area contributed by atoms with E-state index in [9.17, 15) is 0 Å². The predicted octanol–water partition coefficient (Wildman–Crippen LogP) is 3.57. The summed E-state index contributed by atoms with van der Waals surface area (Å²) in [6.07, 6.45) is 5.59. The molecule has 3 unspecified atom stereocenters. The van der Waals surface area contributed by atoms with E-state index in [1.54, 1.807) is 0 Å². The summed E-state index contributed by atoms with van der Waals surface area (Å²) in [5, 5.41) is 4.58. The summed E-state index contributed by atoms with van der Waals surface area (Å²) >= 11 is 5.64. The fourth-order valence-electron chi connectivity index (χ4n) is 3.80. The number of nitrogens with one attached hydrogen (secondary N) is 1. The van der Waals surface area contributed by atoms with Gasteiger partial charge in [0.15, 0.2) is 5.11 Å². The first-order valence-electron chi connectivity index (χ1n) is 7.85. The Hall–Kier alpha value is -1.09. The van der Waals surface area contributed by atoms with Crippen LogP contribution in [-0.4, -0.2) is 22.6 Å². The van der Waals surface area contributed by atoms with Crippen LogP contribution in [-0.2, 0) is 6.54 Å². The van der Waals surface area contributed by atoms with Gasteiger partial charge in [-0.15, -0.1) is 0 Å². The second-order valence-corrected chi connectivity index (χ2v) is 6.62. The number of rotatable bonds is 4. The molecule has 1 aromatic rings. The average Bonchev–Trinajstić information content (AvgIpc) is 3.08. The lowest BCUT2D eigenvalue weighted by Crippen LogP contribution is -2.46. The zero-order valence-corrected chi connectivity index (χ0v) is 13.0. The van der Waals surface area contributed by atoms with Crippen molar-refractivity contribution in [3.63, 3.8) is 0 Å². The summed E-state index contributed by atoms with van der Waals surface area (Å²) < 4.78 is 0. The first-order chi connectivity index (χ1) is 9.76. The van der Waals surface area contributed by atoms with Gasteiger partial charge in [0.1, 0.15) is 0 Å². The molecule has 0 heterocycles. The summed E-state index contributed by atoms with van der Waals surface area (Å²) in [5.74, 6) is 1.83. The zero-order valence-electron chi connectivity index (χ0n) is 12.2. The van der Waals surface area contributed by atoms with Gasteiger partial charge < -0.3 is 10.2 Å². The summed E-state index contributed by atoms with van der Waals surface area (Å²) in [5.41, 5.74) is 1.33. The molecule has 0 aromatic heterocycles. The molecule has 2 bridgehead atoms. The Morgan fingerprint density at radius 3 is 2.65 bits per heavy atom. The monoisotopic (exact) mass is 288 g/mol. The standard InChI is InChI=1S/C17H24N2S/c1-2-19(12-13-6-4-3-5-7-13)17(20)18-16-11-14-8-9-15(16)10-14/h3-7,14-16H,2,8-12H2,1H3,(H,18,20). The second kappa shape index (κ2) is 6.13. The van der Waals surface area contributed by atoms with Gasteiger partial charge in [0.05, 0.1) is 0 Å². The highest BCUT2D eigenvalue weighted by Gasteiger charge is 2.39. The van der Waals surface area contributed by atoms with Crippen molar-refractivity contribution in [2.75, 3.05) is 6.54 Å². The van der Waals surface area contributed by atoms with E-state index >= 15 is 0 Å². The maximum atomic E-state index is 5.64. The molecular weight excluding hydrogens is 264 g/mol. The van der Waals surface area contributed by atoms with Crippen molar-refractivity contribution < 1.29 is 0 Å². The largest absolute Gasteiger partial charge is 0.360 e. The van der Waals surface area contributed by atoms with Crippen LogP contribution in [0, 0.1) is 11.8 Å². The smallest absolute Gasteiger partial charge is 0.169 e. The first kappa shape index (κ1) is 13.9. The van der Waals surface area contributed by atoms with Crippen LogP contribution in [0.25, 0.3) is 0 Å². The molecule has 0 spiro atoms. The molecule has 0 radical (unpaired) electrons. The molecule has 3 rings (SSSR count). The molecule has 1 aromatic carbocycles. The van der Waals surface area contributed by atoms with Gasteiger partial charge >= 0.3 is 0 Å². The molecule has 0 aliphatic heterocycles. The zero-order chi connectivity index (χ0) is 13.9. The summed E-state index contributed by atoms with van der Waals surface area (Å²) in [4.78, 5) is 2.27. The summed E-state index contributed by atoms with van der Waals surface area (Å²) in [7, 11) is 0. The van der Waals surface area contributed by atoms with E-state index in [-0.39, 0.29) is 0 Å². The van der Waals surface area contributed by atoms with Crippen LogP contribution in [0.4, 0.5) is 0 Å². The molecule has 2 nitrogen and oxygen atoms in total. The number of hydrogen-bond acceptors (Lipinski definition) is 1. The molecule has 0 saturated heterocycles. The molecule has 1 N–H and O–H groups in total. The highest BCUT2D eigenvalue weighted by Crippen LogP contribution is 2.44. The van der Waals surface area contributed by atoms with Gasteiger partial charge in [-0.25, -0.2) is 0 Å². The SMILES string of the molecule is CCN(Cc1ccccc1)C(=S)NC1CC2CCC1C2. The summed E-state index contributed by atoms with van der Waals surface area (Å²) in [6.45, 7) is 4.04. The van der Waals surface area contributed by atoms with Crippen LogP contribution in [0.1, 0.15) is 38.2 Å². The summed E-state index contributed by atoms with van der Waals surface area (Å²) in [6, 6.07) is 11.2. The van der Waals surface area contributed by atoms with Crippen molar-refractivity contribution in [2.45, 2.75) is 45.2 Å². The maximum absolute atomic E-state index is 5.64. The number of hydrogen-bond donors (Lipinski definition) is 1. The normalized spacial score (nSPS) is 27.6. The van der Waals surface area contributed by atoms with E-state index in [0.29, 0.717) is 6.04 Å². The van der Waals surface area contributed by atoms with Gasteiger partial charge in [0, 0.05) is 19.1 Å². The van der Waals surface area contributed by atoms with Crippen LogP contribution >= 0.6 is 12.2 Å². The fourth-order valence-corrected chi connectivity index (χ4v) is 4.15. The molecule has 20 heavy (non-hydrogen) atoms. The third kappa shape index (κ3) is 2.98. The number of nitrogens with zero attached hydrogens (tertiary/aromatic N) is 1. The van der Waals surface area contributed by atoms with Crippen molar-refractivity contribution in [1.29, 1.82) is 0 Å². The van der Waals surface area contributed by atoms with Gasteiger partial charge in [-0.1, -0.05) is 36.8 Å². The van der Waals surface area contributed by atoms with Crippen molar-refractivity contribution >= 4 is 17.3 Å². The van der Waals surface area contributed by atoms with Gasteiger partial charge in [-0.3, -0.25) is 0 Å². The molecule has 3 atom stereocenters. The lowest BCUT2D eigenvalue weighted by Gasteiger charge is -2.30. The minimum Gasteiger partial charge on any atom is -0.360 e. The topological polar surface area (TPSA) is 15.3 Å². The molecular formula is C17H24N2S. The average molecular weight is 288 g/mol. The van der Waals surface area contributed by atoms with Gasteiger partial charge in [0.2, 0.25) is 0 Å². The Morgan fingerprint density at radius 2 is 2.05 bits per heavy atom. The van der Waals surface area contributed by atoms with E-state index in [4.69, 9.17) is 12.2 Å². The quantitative estimate of drug-likeness (QED) is 0.853. The van der Waals surface area contributed by atoms with Crippen molar-refractivity contribution in [3.8, 4) is 0 Å². The van der Waals surface area contributed by atoms with Crippen LogP contribution in [0.3, 0.4) is 0 Å². The van der Waals surface area contributed by atoms with Gasteiger partial charge in [0.25, 0.3) is 0 Å². The molecule has 3 heteroatoms. The van der Waals surface area contributed by atoms with Crippen LogP contribution in [0.2, 0.25) is 0 Å². The second-order valence-electron chi connectivity index (χ2n) is 6.23. The minimum atomic E-state index is 0.631. The van der Waals surface area contributed by atoms with Gasteiger partial charge in [-0.2, -0.15) is 0 Å². The van der Waals surface area contributed by atoms with Crippen molar-refractivity contribution in [3.05, 3.63) is 35.9 Å². The third-order valence-corrected chi connectivity index (χ3v) is 5.31. The maximum Gasteiger partial charge on any atom is 0.169 e. The Morgan fingerprint density at radius 1 is 1.25 bits per heavy atom. The number of thiocarbonyl (C=S) groups is 1. The molecule has 2 aliphatic rings. The Kier molecular flexibility index (Phi) is 4.25. The van der Waals surface area contributed by atoms with Gasteiger partial charge in [-0.05, 0) is 55.8 Å². The van der Waals surface area contributed by atoms with E-state index in [1.165, 1.54) is 31.2 Å². The lowest BCUT2D eigenvalue weighted by molar-refractivity contribution is 0.361. The highest BCUT2D eigenvalue weighted by atomic mass is 32.1. The minimum absolute atomic E-state index is 0.631. The first-order valence-corrected chi connectivity index (χ1v) is 8.26. The third-order valence-electron chi connectivity index (χ3n) is 4.93. The van der Waals surface area contributed by atoms with Crippen LogP contribution < -0.4 is 5.32 Å². The predicted molar refractivity (Wildman–Crippen MR) is 87.5 cm³/mol. The Balaban J connectivity index is 1.57. The number of benzene rings is 1. The lowest BCUT2D eigenvalue weighted by atomic mass is 9.95. The molecule has 0 amide bonds. The van der Waals surface area contributed by atoms with E-state index in [1.807, 2.05) is 0 Å². The molecule has 2 saturated carbocycles. The highest BCUT2D eigenvalue weighted by molar-refractivity contribution is 7.80. The Bertz CT molecular complexity index is 459. The van der Waals surface area contributed by atoms with E-state index in [2.05, 4.69) is 47.5 Å². The van der Waals surface area contributed by atoms with Crippen LogP contribution in [0.15, 0.2) is 30.3 Å². The number of fused-ring (bicyclic) bond motifs is 2. The van der Waals surface area contributed by atoms with Crippen molar-refractivity contribution in [2.24, 2.45) is 11.8 Å². The fraction of sp³-hybridized carbons (Fsp3) is 0.588. The van der Waals surface area contributed by atoms with Crippen molar-refractivity contribution in [1.82, 2.24) is 10.2 Å². The Labute approximate surface area is 127 Å². The molecule has 2 fully saturated rings. The van der Waals surface area contributed by atoms with E-state index < -0.39 is 0 Å².